The van der Waals surface area contributed by atoms with Crippen LogP contribution in [-0.2, 0) is 10.2 Å². The minimum Gasteiger partial charge on any atom is -0.461 e. The molecule has 0 aliphatic heterocycles. The number of carbonyl (C=O) groups is 1. The molecule has 1 saturated carbocycles. The zero-order chi connectivity index (χ0) is 18.9. The van der Waals surface area contributed by atoms with Gasteiger partial charge in [0.15, 0.2) is 11.5 Å². The molecule has 0 atom stereocenters. The largest absolute Gasteiger partial charge is 0.461 e. The first kappa shape index (κ1) is 18.4. The van der Waals surface area contributed by atoms with E-state index in [0.717, 1.165) is 0 Å². The molecule has 3 rings (SSSR count). The molecule has 26 heavy (non-hydrogen) atoms. The third-order valence-electron chi connectivity index (χ3n) is 4.78. The van der Waals surface area contributed by atoms with Gasteiger partial charge in [0.1, 0.15) is 5.82 Å². The molecule has 1 aliphatic carbocycles. The maximum atomic E-state index is 14.6. The summed E-state index contributed by atoms with van der Waals surface area (Å²) in [6, 6.07) is 2.56. The van der Waals surface area contributed by atoms with Crippen molar-refractivity contribution in [2.75, 3.05) is 6.61 Å². The molecule has 140 valence electrons. The SMILES string of the molecule is CCOC(=O)c1cc(-c2cnc(C3(C)CCC(F)(F)CC3)c(F)c2)on1. The van der Waals surface area contributed by atoms with E-state index >= 15 is 0 Å². The summed E-state index contributed by atoms with van der Waals surface area (Å²) < 4.78 is 51.3. The molecule has 0 amide bonds. The van der Waals surface area contributed by atoms with Crippen molar-refractivity contribution in [3.63, 3.8) is 0 Å². The minimum absolute atomic E-state index is 0.0205. The molecular weight excluding hydrogens is 349 g/mol. The lowest BCUT2D eigenvalue weighted by atomic mass is 9.71. The Balaban J connectivity index is 1.83. The van der Waals surface area contributed by atoms with Crippen LogP contribution in [0.15, 0.2) is 22.9 Å². The van der Waals surface area contributed by atoms with Crippen LogP contribution >= 0.6 is 0 Å². The lowest BCUT2D eigenvalue weighted by Gasteiger charge is -2.36. The second kappa shape index (κ2) is 6.74. The molecule has 2 aromatic rings. The lowest BCUT2D eigenvalue weighted by Crippen LogP contribution is -2.35. The zero-order valence-corrected chi connectivity index (χ0v) is 14.5. The van der Waals surface area contributed by atoms with Gasteiger partial charge in [0.25, 0.3) is 0 Å². The van der Waals surface area contributed by atoms with E-state index in [1.165, 1.54) is 18.3 Å². The predicted octanol–water partition coefficient (Wildman–Crippen LogP) is 4.52. The summed E-state index contributed by atoms with van der Waals surface area (Å²) >= 11 is 0. The van der Waals surface area contributed by atoms with Crippen LogP contribution in [-0.4, -0.2) is 28.6 Å². The van der Waals surface area contributed by atoms with Gasteiger partial charge in [-0.2, -0.15) is 0 Å². The minimum atomic E-state index is -2.70. The molecule has 8 heteroatoms. The van der Waals surface area contributed by atoms with Gasteiger partial charge < -0.3 is 9.26 Å². The molecule has 2 heterocycles. The van der Waals surface area contributed by atoms with Crippen LogP contribution in [0.3, 0.4) is 0 Å². The number of rotatable bonds is 4. The van der Waals surface area contributed by atoms with Crippen molar-refractivity contribution in [3.8, 4) is 11.3 Å². The number of alkyl halides is 2. The van der Waals surface area contributed by atoms with Crippen LogP contribution in [0.5, 0.6) is 0 Å². The van der Waals surface area contributed by atoms with Gasteiger partial charge in [-0.3, -0.25) is 4.98 Å². The van der Waals surface area contributed by atoms with Gasteiger partial charge in [0.05, 0.1) is 12.3 Å². The summed E-state index contributed by atoms with van der Waals surface area (Å²) in [6.07, 6.45) is 1.16. The van der Waals surface area contributed by atoms with Crippen LogP contribution in [0.4, 0.5) is 13.2 Å². The quantitative estimate of drug-likeness (QED) is 0.743. The maximum absolute atomic E-state index is 14.6. The molecule has 1 fully saturated rings. The lowest BCUT2D eigenvalue weighted by molar-refractivity contribution is -0.0506. The number of ether oxygens (including phenoxy) is 1. The highest BCUT2D eigenvalue weighted by Crippen LogP contribution is 2.45. The molecule has 2 aromatic heterocycles. The van der Waals surface area contributed by atoms with E-state index in [4.69, 9.17) is 9.26 Å². The Hall–Kier alpha value is -2.38. The summed E-state index contributed by atoms with van der Waals surface area (Å²) in [7, 11) is 0. The maximum Gasteiger partial charge on any atom is 0.360 e. The number of hydrogen-bond acceptors (Lipinski definition) is 5. The van der Waals surface area contributed by atoms with Crippen molar-refractivity contribution in [3.05, 3.63) is 35.5 Å². The van der Waals surface area contributed by atoms with Gasteiger partial charge in [-0.05, 0) is 25.8 Å². The van der Waals surface area contributed by atoms with Crippen LogP contribution in [0.2, 0.25) is 0 Å². The topological polar surface area (TPSA) is 65.2 Å². The van der Waals surface area contributed by atoms with E-state index in [1.54, 1.807) is 13.8 Å². The highest BCUT2D eigenvalue weighted by atomic mass is 19.3. The van der Waals surface area contributed by atoms with E-state index in [1.807, 2.05) is 0 Å². The number of nitrogens with zero attached hydrogens (tertiary/aromatic N) is 2. The Morgan fingerprint density at radius 3 is 2.58 bits per heavy atom. The van der Waals surface area contributed by atoms with Crippen molar-refractivity contribution in [1.82, 2.24) is 10.1 Å². The Morgan fingerprint density at radius 2 is 1.96 bits per heavy atom. The summed E-state index contributed by atoms with van der Waals surface area (Å²) in [4.78, 5) is 15.8. The second-order valence-corrected chi connectivity index (χ2v) is 6.77. The van der Waals surface area contributed by atoms with E-state index < -0.39 is 23.1 Å². The summed E-state index contributed by atoms with van der Waals surface area (Å²) in [6.45, 7) is 3.61. The van der Waals surface area contributed by atoms with Crippen molar-refractivity contribution in [1.29, 1.82) is 0 Å². The first-order valence-electron chi connectivity index (χ1n) is 8.42. The van der Waals surface area contributed by atoms with Crippen LogP contribution in [0.25, 0.3) is 11.3 Å². The predicted molar refractivity (Wildman–Crippen MR) is 86.4 cm³/mol. The first-order valence-corrected chi connectivity index (χ1v) is 8.42. The third kappa shape index (κ3) is 3.59. The average molecular weight is 368 g/mol. The Bertz CT molecular complexity index is 810. The van der Waals surface area contributed by atoms with Crippen molar-refractivity contribution in [2.24, 2.45) is 0 Å². The van der Waals surface area contributed by atoms with E-state index in [2.05, 4.69) is 10.1 Å². The Labute approximate surface area is 148 Å². The van der Waals surface area contributed by atoms with Crippen LogP contribution < -0.4 is 0 Å². The van der Waals surface area contributed by atoms with Gasteiger partial charge in [-0.1, -0.05) is 12.1 Å². The van der Waals surface area contributed by atoms with Gasteiger partial charge >= 0.3 is 5.97 Å². The standard InChI is InChI=1S/C18H19F3N2O3/c1-3-25-16(24)13-9-14(26-23-13)11-8-12(19)15(22-10-11)17(2)4-6-18(20,21)7-5-17/h8-10H,3-7H2,1-2H3. The van der Waals surface area contributed by atoms with Crippen molar-refractivity contribution >= 4 is 5.97 Å². The Morgan fingerprint density at radius 1 is 1.27 bits per heavy atom. The number of carbonyl (C=O) groups excluding carboxylic acids is 1. The molecule has 0 radical (unpaired) electrons. The summed E-state index contributed by atoms with van der Waals surface area (Å²) in [5, 5.41) is 3.60. The number of aromatic nitrogens is 2. The molecule has 0 unspecified atom stereocenters. The number of hydrogen-bond donors (Lipinski definition) is 0. The first-order chi connectivity index (χ1) is 12.2. The highest BCUT2D eigenvalue weighted by Gasteiger charge is 2.43. The van der Waals surface area contributed by atoms with Gasteiger partial charge in [-0.15, -0.1) is 0 Å². The zero-order valence-electron chi connectivity index (χ0n) is 14.5. The van der Waals surface area contributed by atoms with Crippen molar-refractivity contribution < 1.29 is 27.2 Å². The van der Waals surface area contributed by atoms with E-state index in [-0.39, 0.29) is 49.4 Å². The highest BCUT2D eigenvalue weighted by molar-refractivity contribution is 5.88. The van der Waals surface area contributed by atoms with E-state index in [0.29, 0.717) is 5.56 Å². The second-order valence-electron chi connectivity index (χ2n) is 6.77. The molecular formula is C18H19F3N2O3. The fourth-order valence-corrected chi connectivity index (χ4v) is 3.13. The number of pyridine rings is 1. The molecule has 0 saturated heterocycles. The monoisotopic (exact) mass is 368 g/mol. The number of esters is 1. The average Bonchev–Trinajstić information content (AvgIpc) is 3.08. The molecule has 0 aromatic carbocycles. The molecule has 0 N–H and O–H groups in total. The fraction of sp³-hybridized carbons (Fsp3) is 0.500. The molecule has 1 aliphatic rings. The smallest absolute Gasteiger partial charge is 0.360 e. The molecule has 0 bridgehead atoms. The summed E-state index contributed by atoms with van der Waals surface area (Å²) in [5.41, 5.74) is -0.282. The molecule has 5 nitrogen and oxygen atoms in total. The van der Waals surface area contributed by atoms with Crippen molar-refractivity contribution in [2.45, 2.75) is 50.9 Å². The molecule has 0 spiro atoms. The van der Waals surface area contributed by atoms with Gasteiger partial charge in [0.2, 0.25) is 5.92 Å². The van der Waals surface area contributed by atoms with Gasteiger partial charge in [-0.25, -0.2) is 18.0 Å². The van der Waals surface area contributed by atoms with Crippen LogP contribution in [0, 0.1) is 5.82 Å². The van der Waals surface area contributed by atoms with Crippen LogP contribution in [0.1, 0.15) is 55.7 Å². The van der Waals surface area contributed by atoms with E-state index in [9.17, 15) is 18.0 Å². The normalized spacial score (nSPS) is 18.5. The number of halogens is 3. The fourth-order valence-electron chi connectivity index (χ4n) is 3.13. The summed E-state index contributed by atoms with van der Waals surface area (Å²) in [5.74, 6) is -3.75. The third-order valence-corrected chi connectivity index (χ3v) is 4.78. The van der Waals surface area contributed by atoms with Gasteiger partial charge in [0, 0.05) is 36.1 Å². The Kier molecular flexibility index (Phi) is 4.77.